The highest BCUT2D eigenvalue weighted by molar-refractivity contribution is 5.80. The third-order valence-electron chi connectivity index (χ3n) is 3.25. The largest absolute Gasteiger partial charge is 0.493 e. The van der Waals surface area contributed by atoms with Crippen LogP contribution in [-0.2, 0) is 16.0 Å². The van der Waals surface area contributed by atoms with E-state index < -0.39 is 12.0 Å². The number of aryl methyl sites for hydroxylation is 1. The zero-order valence-electron chi connectivity index (χ0n) is 11.1. The van der Waals surface area contributed by atoms with Gasteiger partial charge in [0.1, 0.15) is 0 Å². The molecule has 0 radical (unpaired) electrons. The minimum atomic E-state index is -1.04. The van der Waals surface area contributed by atoms with Crippen molar-refractivity contribution in [3.05, 3.63) is 17.7 Å². The fourth-order valence-corrected chi connectivity index (χ4v) is 2.30. The molecular formula is C13H14N2O5. The van der Waals surface area contributed by atoms with Gasteiger partial charge in [0.05, 0.1) is 19.9 Å². The van der Waals surface area contributed by atoms with Gasteiger partial charge in [0.25, 0.3) is 6.08 Å². The summed E-state index contributed by atoms with van der Waals surface area (Å²) in [7, 11) is 3.00. The van der Waals surface area contributed by atoms with Crippen LogP contribution >= 0.6 is 0 Å². The van der Waals surface area contributed by atoms with Gasteiger partial charge < -0.3 is 14.6 Å². The summed E-state index contributed by atoms with van der Waals surface area (Å²) in [4.78, 5) is 21.8. The van der Waals surface area contributed by atoms with E-state index in [2.05, 4.69) is 5.10 Å². The lowest BCUT2D eigenvalue weighted by Crippen LogP contribution is -2.41. The maximum atomic E-state index is 11.2. The van der Waals surface area contributed by atoms with Crippen molar-refractivity contribution in [2.45, 2.75) is 18.9 Å². The number of nitrogens with zero attached hydrogens (tertiary/aromatic N) is 2. The molecule has 0 fully saturated rings. The van der Waals surface area contributed by atoms with Crippen LogP contribution in [0, 0.1) is 0 Å². The summed E-state index contributed by atoms with van der Waals surface area (Å²) >= 11 is 0. The number of isocyanates is 1. The summed E-state index contributed by atoms with van der Waals surface area (Å²) in [6.45, 7) is 0. The number of carbonyl (C=O) groups is 1. The fourth-order valence-electron chi connectivity index (χ4n) is 2.30. The number of hydrogen-bond acceptors (Lipinski definition) is 6. The molecule has 1 unspecified atom stereocenters. The van der Waals surface area contributed by atoms with Gasteiger partial charge in [0.2, 0.25) is 0 Å². The number of fused-ring (bicyclic) bond motifs is 1. The number of rotatable bonds is 4. The Hall–Kier alpha value is -2.53. The Bertz CT molecular complexity index is 580. The van der Waals surface area contributed by atoms with Crippen molar-refractivity contribution in [3.8, 4) is 11.5 Å². The lowest BCUT2D eigenvalue weighted by molar-refractivity contribution is -0.138. The molecule has 7 nitrogen and oxygen atoms in total. The number of carbonyl (C=O) groups excluding carboxylic acids is 1. The van der Waals surface area contributed by atoms with Crippen LogP contribution in [0.1, 0.15) is 12.0 Å². The maximum Gasteiger partial charge on any atom is 0.328 e. The third kappa shape index (κ3) is 2.31. The molecule has 0 bridgehead atoms. The predicted octanol–water partition coefficient (Wildman–Crippen LogP) is 1.16. The molecule has 1 atom stereocenters. The molecular weight excluding hydrogens is 264 g/mol. The smallest absolute Gasteiger partial charge is 0.328 e. The first-order valence-electron chi connectivity index (χ1n) is 5.97. The highest BCUT2D eigenvalue weighted by atomic mass is 16.5. The summed E-state index contributed by atoms with van der Waals surface area (Å²) in [6, 6.07) is 2.49. The van der Waals surface area contributed by atoms with E-state index in [0.29, 0.717) is 30.0 Å². The van der Waals surface area contributed by atoms with Gasteiger partial charge in [0, 0.05) is 6.07 Å². The molecule has 0 aromatic heterocycles. The topological polar surface area (TPSA) is 88.4 Å². The average Bonchev–Trinajstić information content (AvgIpc) is 2.45. The molecule has 0 saturated carbocycles. The van der Waals surface area contributed by atoms with Crippen molar-refractivity contribution in [2.24, 2.45) is 5.10 Å². The van der Waals surface area contributed by atoms with Crippen LogP contribution in [0.25, 0.3) is 0 Å². The first-order valence-corrected chi connectivity index (χ1v) is 5.97. The van der Waals surface area contributed by atoms with Gasteiger partial charge in [-0.1, -0.05) is 5.10 Å². The Morgan fingerprint density at radius 2 is 2.05 bits per heavy atom. The molecule has 1 aromatic rings. The molecule has 0 aliphatic carbocycles. The zero-order chi connectivity index (χ0) is 14.7. The van der Waals surface area contributed by atoms with E-state index >= 15 is 0 Å². The first kappa shape index (κ1) is 13.9. The molecule has 1 aliphatic heterocycles. The predicted molar refractivity (Wildman–Crippen MR) is 69.9 cm³/mol. The van der Waals surface area contributed by atoms with Crippen LogP contribution in [0.15, 0.2) is 17.2 Å². The Kier molecular flexibility index (Phi) is 3.91. The monoisotopic (exact) mass is 278 g/mol. The van der Waals surface area contributed by atoms with Crippen LogP contribution < -0.4 is 14.5 Å². The quantitative estimate of drug-likeness (QED) is 0.656. The molecule has 7 heteroatoms. The maximum absolute atomic E-state index is 11.2. The second-order valence-corrected chi connectivity index (χ2v) is 4.26. The van der Waals surface area contributed by atoms with Crippen LogP contribution in [-0.4, -0.2) is 37.4 Å². The Morgan fingerprint density at radius 3 is 2.60 bits per heavy atom. The molecule has 1 N–H and O–H groups in total. The van der Waals surface area contributed by atoms with Crippen LogP contribution in [0.2, 0.25) is 0 Å². The van der Waals surface area contributed by atoms with E-state index in [0.717, 1.165) is 10.6 Å². The van der Waals surface area contributed by atoms with Gasteiger partial charge in [-0.3, -0.25) is 0 Å². The highest BCUT2D eigenvalue weighted by Crippen LogP contribution is 2.39. The lowest BCUT2D eigenvalue weighted by atomic mass is 9.96. The number of anilines is 1. The van der Waals surface area contributed by atoms with E-state index in [1.807, 2.05) is 0 Å². The van der Waals surface area contributed by atoms with Gasteiger partial charge >= 0.3 is 5.97 Å². The van der Waals surface area contributed by atoms with Crippen molar-refractivity contribution in [1.82, 2.24) is 0 Å². The Balaban J connectivity index is 2.56. The van der Waals surface area contributed by atoms with E-state index in [-0.39, 0.29) is 0 Å². The van der Waals surface area contributed by atoms with E-state index in [9.17, 15) is 14.7 Å². The molecule has 1 aromatic carbocycles. The van der Waals surface area contributed by atoms with Gasteiger partial charge in [-0.25, -0.2) is 14.6 Å². The Morgan fingerprint density at radius 1 is 1.40 bits per heavy atom. The van der Waals surface area contributed by atoms with Crippen molar-refractivity contribution < 1.29 is 24.2 Å². The standard InChI is InChI=1S/C13H14N2O5/c1-19-11-5-8-3-4-9(13(17)18)15(14-7-16)10(8)6-12(11)20-2/h5-6,9H,3-4H2,1-2H3,(H,17,18). The molecule has 2 rings (SSSR count). The number of carboxylic acid groups (broad SMARTS) is 1. The molecule has 0 spiro atoms. The minimum Gasteiger partial charge on any atom is -0.493 e. The summed E-state index contributed by atoms with van der Waals surface area (Å²) in [6.07, 6.45) is 2.30. The number of hydrogen-bond donors (Lipinski definition) is 1. The summed E-state index contributed by atoms with van der Waals surface area (Å²) in [5.41, 5.74) is 1.36. The molecule has 0 amide bonds. The molecule has 106 valence electrons. The van der Waals surface area contributed by atoms with E-state index in [1.165, 1.54) is 20.3 Å². The highest BCUT2D eigenvalue weighted by Gasteiger charge is 2.33. The van der Waals surface area contributed by atoms with Crippen molar-refractivity contribution >= 4 is 17.7 Å². The number of ether oxygens (including phenoxy) is 2. The van der Waals surface area contributed by atoms with Crippen LogP contribution in [0.3, 0.4) is 0 Å². The first-order chi connectivity index (χ1) is 9.62. The number of methoxy groups -OCH3 is 2. The molecule has 1 heterocycles. The van der Waals surface area contributed by atoms with E-state index in [1.54, 1.807) is 12.1 Å². The van der Waals surface area contributed by atoms with Crippen molar-refractivity contribution in [2.75, 3.05) is 19.2 Å². The van der Waals surface area contributed by atoms with Crippen molar-refractivity contribution in [3.63, 3.8) is 0 Å². The van der Waals surface area contributed by atoms with Crippen LogP contribution in [0.4, 0.5) is 5.69 Å². The lowest BCUT2D eigenvalue weighted by Gasteiger charge is -2.31. The van der Waals surface area contributed by atoms with E-state index in [4.69, 9.17) is 9.47 Å². The SMILES string of the molecule is COc1cc2c(cc1OC)N(N=C=O)C(C(=O)O)CC2. The third-order valence-corrected chi connectivity index (χ3v) is 3.25. The summed E-state index contributed by atoms with van der Waals surface area (Å²) in [5.74, 6) is -0.0390. The van der Waals surface area contributed by atoms with Gasteiger partial charge in [-0.15, -0.1) is 0 Å². The fraction of sp³-hybridized carbons (Fsp3) is 0.385. The van der Waals surface area contributed by atoms with Gasteiger partial charge in [-0.2, -0.15) is 0 Å². The van der Waals surface area contributed by atoms with Gasteiger partial charge in [-0.05, 0) is 24.5 Å². The second-order valence-electron chi connectivity index (χ2n) is 4.26. The molecule has 1 aliphatic rings. The van der Waals surface area contributed by atoms with Gasteiger partial charge in [0.15, 0.2) is 17.5 Å². The molecule has 20 heavy (non-hydrogen) atoms. The van der Waals surface area contributed by atoms with Crippen molar-refractivity contribution in [1.29, 1.82) is 0 Å². The Labute approximate surface area is 115 Å². The normalized spacial score (nSPS) is 16.9. The summed E-state index contributed by atoms with van der Waals surface area (Å²) in [5, 5.41) is 13.9. The van der Waals surface area contributed by atoms with Crippen LogP contribution in [0.5, 0.6) is 11.5 Å². The molecule has 0 saturated heterocycles. The average molecular weight is 278 g/mol. The summed E-state index contributed by atoms with van der Waals surface area (Å²) < 4.78 is 10.4. The number of carboxylic acids is 1. The second kappa shape index (κ2) is 5.63. The number of benzene rings is 1. The number of hydrazone groups is 1. The minimum absolute atomic E-state index is 0.350. The zero-order valence-corrected chi connectivity index (χ0v) is 11.1. The number of aliphatic carboxylic acids is 1.